The molecule has 0 aromatic carbocycles. The molecule has 0 aliphatic carbocycles. The van der Waals surface area contributed by atoms with Crippen LogP contribution in [0.5, 0.6) is 0 Å². The Morgan fingerprint density at radius 3 is 3.00 bits per heavy atom. The molecule has 0 N–H and O–H groups in total. The molecule has 0 spiro atoms. The van der Waals surface area contributed by atoms with Crippen LogP contribution in [0.4, 0.5) is 0 Å². The second-order valence-electron chi connectivity index (χ2n) is 2.08. The molecule has 8 heavy (non-hydrogen) atoms. The molecule has 0 aromatic heterocycles. The van der Waals surface area contributed by atoms with Gasteiger partial charge in [-0.15, -0.1) is 0 Å². The normalized spacial score (nSPS) is 28.4. The molecule has 0 saturated heterocycles. The lowest BCUT2D eigenvalue weighted by atomic mass is 10.1. The van der Waals surface area contributed by atoms with Gasteiger partial charge in [0, 0.05) is 0 Å². The summed E-state index contributed by atoms with van der Waals surface area (Å²) >= 11 is 0. The number of rotatable bonds is 1. The highest BCUT2D eigenvalue weighted by Crippen LogP contribution is 2.07. The second kappa shape index (κ2) is 2.82. The predicted octanol–water partition coefficient (Wildman–Crippen LogP) is 1.04. The molecule has 0 bridgehead atoms. The van der Waals surface area contributed by atoms with Crippen molar-refractivity contribution in [1.82, 2.24) is 0 Å². The summed E-state index contributed by atoms with van der Waals surface area (Å²) in [5, 5.41) is 10.2. The van der Waals surface area contributed by atoms with Crippen LogP contribution < -0.4 is 0 Å². The van der Waals surface area contributed by atoms with Crippen LogP contribution in [0, 0.1) is 0 Å². The summed E-state index contributed by atoms with van der Waals surface area (Å²) in [5.41, 5.74) is 0. The van der Waals surface area contributed by atoms with Crippen LogP contribution in [-0.4, -0.2) is 18.9 Å². The third-order valence-electron chi connectivity index (χ3n) is 1.38. The summed E-state index contributed by atoms with van der Waals surface area (Å²) < 4.78 is 0. The number of hydrogen-bond donors (Lipinski definition) is 0. The Morgan fingerprint density at radius 2 is 2.62 bits per heavy atom. The highest BCUT2D eigenvalue weighted by atomic mass is 16.3. The average Bonchev–Trinajstić information content (AvgIpc) is 1.90. The van der Waals surface area contributed by atoms with Gasteiger partial charge in [-0.3, -0.25) is 4.99 Å². The SMILES string of the molecule is [O]CC1CCCC=N1. The summed E-state index contributed by atoms with van der Waals surface area (Å²) in [5.74, 6) is 0. The molecular weight excluding hydrogens is 102 g/mol. The second-order valence-corrected chi connectivity index (χ2v) is 2.08. The monoisotopic (exact) mass is 112 g/mol. The van der Waals surface area contributed by atoms with E-state index in [0.717, 1.165) is 19.3 Å². The van der Waals surface area contributed by atoms with Gasteiger partial charge in [0.15, 0.2) is 0 Å². The fraction of sp³-hybridized carbons (Fsp3) is 0.833. The third-order valence-corrected chi connectivity index (χ3v) is 1.38. The van der Waals surface area contributed by atoms with Crippen molar-refractivity contribution in [2.45, 2.75) is 25.3 Å². The van der Waals surface area contributed by atoms with Gasteiger partial charge in [-0.25, -0.2) is 5.11 Å². The Kier molecular flexibility index (Phi) is 2.03. The maximum absolute atomic E-state index is 10.2. The van der Waals surface area contributed by atoms with E-state index in [4.69, 9.17) is 0 Å². The topological polar surface area (TPSA) is 32.3 Å². The van der Waals surface area contributed by atoms with Crippen LogP contribution in [-0.2, 0) is 5.11 Å². The third kappa shape index (κ3) is 1.30. The van der Waals surface area contributed by atoms with Gasteiger partial charge in [0.1, 0.15) is 6.61 Å². The van der Waals surface area contributed by atoms with Crippen LogP contribution in [0.1, 0.15) is 19.3 Å². The minimum Gasteiger partial charge on any atom is -0.292 e. The quantitative estimate of drug-likeness (QED) is 0.485. The van der Waals surface area contributed by atoms with Crippen LogP contribution >= 0.6 is 0 Å². The van der Waals surface area contributed by atoms with E-state index in [1.165, 1.54) is 0 Å². The Labute approximate surface area is 49.2 Å². The first-order chi connectivity index (χ1) is 3.93. The number of aliphatic imine (C=N–C) groups is 1. The van der Waals surface area contributed by atoms with E-state index in [1.54, 1.807) is 0 Å². The zero-order chi connectivity index (χ0) is 5.82. The molecule has 1 heterocycles. The molecule has 1 atom stereocenters. The molecule has 0 saturated carbocycles. The van der Waals surface area contributed by atoms with Gasteiger partial charge >= 0.3 is 0 Å². The van der Waals surface area contributed by atoms with Gasteiger partial charge in [0.2, 0.25) is 0 Å². The lowest BCUT2D eigenvalue weighted by Gasteiger charge is -2.10. The molecule has 1 unspecified atom stereocenters. The fourth-order valence-electron chi connectivity index (χ4n) is 0.869. The Bertz CT molecular complexity index is 90.5. The molecule has 2 heteroatoms. The summed E-state index contributed by atoms with van der Waals surface area (Å²) in [6.07, 6.45) is 5.08. The summed E-state index contributed by atoms with van der Waals surface area (Å²) in [6, 6.07) is 0.101. The summed E-state index contributed by atoms with van der Waals surface area (Å²) in [6.45, 7) is -0.0312. The summed E-state index contributed by atoms with van der Waals surface area (Å²) in [4.78, 5) is 4.01. The van der Waals surface area contributed by atoms with Crippen molar-refractivity contribution in [2.24, 2.45) is 4.99 Å². The van der Waals surface area contributed by atoms with Crippen LogP contribution in [0.15, 0.2) is 4.99 Å². The van der Waals surface area contributed by atoms with Crippen molar-refractivity contribution >= 4 is 6.21 Å². The number of nitrogens with zero attached hydrogens (tertiary/aromatic N) is 1. The highest BCUT2D eigenvalue weighted by Gasteiger charge is 2.06. The Morgan fingerprint density at radius 1 is 1.75 bits per heavy atom. The Hall–Kier alpha value is -0.370. The maximum Gasteiger partial charge on any atom is 0.105 e. The van der Waals surface area contributed by atoms with Crippen molar-refractivity contribution in [3.63, 3.8) is 0 Å². The van der Waals surface area contributed by atoms with Gasteiger partial charge in [-0.1, -0.05) is 0 Å². The zero-order valence-electron chi connectivity index (χ0n) is 4.84. The Balaban J connectivity index is 2.32. The van der Waals surface area contributed by atoms with E-state index in [2.05, 4.69) is 4.99 Å². The molecule has 0 amide bonds. The molecule has 1 aliphatic heterocycles. The van der Waals surface area contributed by atoms with E-state index in [1.807, 2.05) is 6.21 Å². The minimum absolute atomic E-state index is 0.0312. The van der Waals surface area contributed by atoms with Crippen LogP contribution in [0.25, 0.3) is 0 Å². The van der Waals surface area contributed by atoms with Crippen molar-refractivity contribution in [1.29, 1.82) is 0 Å². The van der Waals surface area contributed by atoms with Gasteiger partial charge < -0.3 is 0 Å². The number of hydrogen-bond acceptors (Lipinski definition) is 1. The molecule has 1 radical (unpaired) electrons. The highest BCUT2D eigenvalue weighted by molar-refractivity contribution is 5.58. The van der Waals surface area contributed by atoms with Gasteiger partial charge in [0.05, 0.1) is 6.04 Å². The van der Waals surface area contributed by atoms with E-state index in [-0.39, 0.29) is 12.6 Å². The minimum atomic E-state index is -0.0312. The molecule has 1 rings (SSSR count). The van der Waals surface area contributed by atoms with Crippen molar-refractivity contribution in [3.8, 4) is 0 Å². The van der Waals surface area contributed by atoms with Crippen molar-refractivity contribution in [3.05, 3.63) is 0 Å². The van der Waals surface area contributed by atoms with E-state index < -0.39 is 0 Å². The van der Waals surface area contributed by atoms with Gasteiger partial charge in [-0.05, 0) is 25.5 Å². The molecule has 2 nitrogen and oxygen atoms in total. The zero-order valence-corrected chi connectivity index (χ0v) is 4.84. The molecule has 0 aromatic rings. The van der Waals surface area contributed by atoms with Crippen molar-refractivity contribution in [2.75, 3.05) is 6.61 Å². The van der Waals surface area contributed by atoms with Gasteiger partial charge in [-0.2, -0.15) is 0 Å². The van der Waals surface area contributed by atoms with E-state index >= 15 is 0 Å². The first kappa shape index (κ1) is 5.76. The molecule has 0 fully saturated rings. The van der Waals surface area contributed by atoms with Crippen LogP contribution in [0.3, 0.4) is 0 Å². The maximum atomic E-state index is 10.2. The van der Waals surface area contributed by atoms with E-state index in [0.29, 0.717) is 0 Å². The first-order valence-corrected chi connectivity index (χ1v) is 3.03. The smallest absolute Gasteiger partial charge is 0.105 e. The molecular formula is C6H10NO. The lowest BCUT2D eigenvalue weighted by Crippen LogP contribution is -2.12. The predicted molar refractivity (Wildman–Crippen MR) is 31.7 cm³/mol. The average molecular weight is 112 g/mol. The lowest BCUT2D eigenvalue weighted by molar-refractivity contribution is 0.168. The summed E-state index contributed by atoms with van der Waals surface area (Å²) in [7, 11) is 0. The fourth-order valence-corrected chi connectivity index (χ4v) is 0.869. The largest absolute Gasteiger partial charge is 0.292 e. The van der Waals surface area contributed by atoms with E-state index in [9.17, 15) is 5.11 Å². The van der Waals surface area contributed by atoms with Crippen molar-refractivity contribution < 1.29 is 5.11 Å². The van der Waals surface area contributed by atoms with Gasteiger partial charge in [0.25, 0.3) is 0 Å². The first-order valence-electron chi connectivity index (χ1n) is 3.03. The molecule has 1 aliphatic rings. The van der Waals surface area contributed by atoms with Crippen LogP contribution in [0.2, 0.25) is 0 Å². The molecule has 45 valence electrons. The standard InChI is InChI=1S/C6H10NO/c8-5-6-3-1-2-4-7-6/h4,6H,1-3,5H2.